The molecular formula is C25H16FIN2O6. The summed E-state index contributed by atoms with van der Waals surface area (Å²) >= 11 is 2.07. The Morgan fingerprint density at radius 3 is 2.66 bits per heavy atom. The molecule has 0 aromatic heterocycles. The van der Waals surface area contributed by atoms with E-state index in [0.717, 1.165) is 8.47 Å². The lowest BCUT2D eigenvalue weighted by Gasteiger charge is -2.26. The summed E-state index contributed by atoms with van der Waals surface area (Å²) < 4.78 is 30.4. The van der Waals surface area contributed by atoms with Gasteiger partial charge in [-0.2, -0.15) is 0 Å². The van der Waals surface area contributed by atoms with Crippen molar-refractivity contribution in [2.24, 2.45) is 0 Å². The topological polar surface area (TPSA) is 94.2 Å². The first-order chi connectivity index (χ1) is 16.9. The van der Waals surface area contributed by atoms with Gasteiger partial charge in [0, 0.05) is 6.07 Å². The van der Waals surface area contributed by atoms with Crippen molar-refractivity contribution in [3.63, 3.8) is 0 Å². The van der Waals surface area contributed by atoms with Gasteiger partial charge in [-0.05, 0) is 76.2 Å². The fraction of sp³-hybridized carbons (Fsp3) is 0.0800. The third-order valence-corrected chi connectivity index (χ3v) is 6.11. The van der Waals surface area contributed by atoms with Gasteiger partial charge in [0.05, 0.1) is 9.26 Å². The first-order valence-corrected chi connectivity index (χ1v) is 11.4. The summed E-state index contributed by atoms with van der Waals surface area (Å²) in [5, 5.41) is 2.20. The first-order valence-electron chi connectivity index (χ1n) is 10.4. The second-order valence-corrected chi connectivity index (χ2v) is 8.77. The number of fused-ring (bicyclic) bond motifs is 1. The molecule has 8 nitrogen and oxygen atoms in total. The molecule has 1 saturated heterocycles. The fourth-order valence-corrected chi connectivity index (χ4v) is 4.29. The predicted octanol–water partition coefficient (Wildman–Crippen LogP) is 4.40. The van der Waals surface area contributed by atoms with Crippen LogP contribution in [0.3, 0.4) is 0 Å². The molecule has 4 amide bonds. The normalized spacial score (nSPS) is 16.0. The van der Waals surface area contributed by atoms with Gasteiger partial charge in [-0.25, -0.2) is 14.1 Å². The van der Waals surface area contributed by atoms with Gasteiger partial charge >= 0.3 is 6.03 Å². The Balaban J connectivity index is 1.37. The van der Waals surface area contributed by atoms with Crippen LogP contribution in [-0.2, 0) is 16.2 Å². The van der Waals surface area contributed by atoms with Crippen LogP contribution in [0, 0.1) is 9.39 Å². The Morgan fingerprint density at radius 2 is 1.86 bits per heavy atom. The minimum atomic E-state index is -0.855. The van der Waals surface area contributed by atoms with Crippen LogP contribution in [0.4, 0.5) is 14.9 Å². The van der Waals surface area contributed by atoms with Crippen molar-refractivity contribution in [3.05, 3.63) is 86.8 Å². The van der Waals surface area contributed by atoms with E-state index < -0.39 is 17.8 Å². The van der Waals surface area contributed by atoms with Crippen molar-refractivity contribution in [1.29, 1.82) is 0 Å². The number of anilines is 1. The number of nitrogens with one attached hydrogen (secondary N) is 1. The maximum atomic E-state index is 13.4. The van der Waals surface area contributed by atoms with Crippen LogP contribution >= 0.6 is 22.6 Å². The Labute approximate surface area is 212 Å². The van der Waals surface area contributed by atoms with E-state index in [1.807, 2.05) is 0 Å². The number of rotatable bonds is 5. The first kappa shape index (κ1) is 22.8. The fourth-order valence-electron chi connectivity index (χ4n) is 3.59. The molecule has 0 radical (unpaired) electrons. The van der Waals surface area contributed by atoms with E-state index in [1.165, 1.54) is 30.3 Å². The molecule has 0 spiro atoms. The summed E-state index contributed by atoms with van der Waals surface area (Å²) in [4.78, 5) is 38.9. The molecule has 0 saturated carbocycles. The van der Waals surface area contributed by atoms with Crippen molar-refractivity contribution < 1.29 is 33.0 Å². The van der Waals surface area contributed by atoms with Crippen LogP contribution in [0.25, 0.3) is 6.08 Å². The van der Waals surface area contributed by atoms with Crippen molar-refractivity contribution >= 4 is 52.2 Å². The van der Waals surface area contributed by atoms with Crippen molar-refractivity contribution in [3.8, 4) is 17.2 Å². The van der Waals surface area contributed by atoms with Gasteiger partial charge in [0.15, 0.2) is 11.5 Å². The molecule has 3 aromatic rings. The molecule has 2 aliphatic heterocycles. The molecule has 10 heteroatoms. The minimum absolute atomic E-state index is 0.0448. The number of halogens is 2. The van der Waals surface area contributed by atoms with Gasteiger partial charge in [-0.1, -0.05) is 18.2 Å². The molecule has 0 bridgehead atoms. The Kier molecular flexibility index (Phi) is 6.12. The van der Waals surface area contributed by atoms with Gasteiger partial charge in [0.25, 0.3) is 11.8 Å². The van der Waals surface area contributed by atoms with Crippen LogP contribution in [0.5, 0.6) is 17.2 Å². The van der Waals surface area contributed by atoms with Gasteiger partial charge in [-0.15, -0.1) is 0 Å². The van der Waals surface area contributed by atoms with Crippen molar-refractivity contribution in [2.45, 2.75) is 6.61 Å². The number of benzene rings is 3. The summed E-state index contributed by atoms with van der Waals surface area (Å²) in [6.45, 7) is 0.227. The third kappa shape index (κ3) is 4.69. The largest absolute Gasteiger partial charge is 0.488 e. The quantitative estimate of drug-likeness (QED) is 0.271. The second kappa shape index (κ2) is 9.37. The zero-order valence-corrected chi connectivity index (χ0v) is 20.1. The van der Waals surface area contributed by atoms with E-state index in [0.29, 0.717) is 28.4 Å². The molecule has 0 atom stereocenters. The number of nitrogens with zero attached hydrogens (tertiary/aromatic N) is 1. The predicted molar refractivity (Wildman–Crippen MR) is 131 cm³/mol. The SMILES string of the molecule is O=C1NC(=O)N(c2ccc3c(c2)OCO3)C(=O)/C1=C/c1ccc(OCc2cccc(F)c2)c(I)c1. The van der Waals surface area contributed by atoms with E-state index in [9.17, 15) is 18.8 Å². The standard InChI is InChI=1S/C25H16FIN2O6/c26-16-3-1-2-15(8-16)12-33-20-6-4-14(10-19(20)27)9-18-23(30)28-25(32)29(24(18)31)17-5-7-21-22(11-17)35-13-34-21/h1-11H,12-13H2,(H,28,30,32)/b18-9+. The highest BCUT2D eigenvalue weighted by atomic mass is 127. The van der Waals surface area contributed by atoms with E-state index >= 15 is 0 Å². The molecule has 3 aromatic carbocycles. The lowest BCUT2D eigenvalue weighted by atomic mass is 10.1. The zero-order valence-electron chi connectivity index (χ0n) is 17.9. The lowest BCUT2D eigenvalue weighted by molar-refractivity contribution is -0.122. The number of imide groups is 2. The van der Waals surface area contributed by atoms with Gasteiger partial charge in [0.2, 0.25) is 6.79 Å². The van der Waals surface area contributed by atoms with E-state index in [4.69, 9.17) is 14.2 Å². The Hall–Kier alpha value is -3.93. The van der Waals surface area contributed by atoms with E-state index in [1.54, 1.807) is 36.4 Å². The van der Waals surface area contributed by atoms with Crippen LogP contribution in [0.1, 0.15) is 11.1 Å². The maximum absolute atomic E-state index is 13.4. The maximum Gasteiger partial charge on any atom is 0.335 e. The second-order valence-electron chi connectivity index (χ2n) is 7.60. The molecular weight excluding hydrogens is 570 g/mol. The molecule has 1 N–H and O–H groups in total. The molecule has 1 fully saturated rings. The van der Waals surface area contributed by atoms with Crippen LogP contribution in [0.15, 0.2) is 66.2 Å². The number of hydrogen-bond donors (Lipinski definition) is 1. The molecule has 2 aliphatic rings. The third-order valence-electron chi connectivity index (χ3n) is 5.27. The summed E-state index contributed by atoms with van der Waals surface area (Å²) in [7, 11) is 0. The van der Waals surface area contributed by atoms with Crippen LogP contribution in [-0.4, -0.2) is 24.6 Å². The van der Waals surface area contributed by atoms with Gasteiger partial charge in [-0.3, -0.25) is 14.9 Å². The number of carbonyl (C=O) groups is 3. The number of hydrogen-bond acceptors (Lipinski definition) is 6. The highest BCUT2D eigenvalue weighted by molar-refractivity contribution is 14.1. The number of carbonyl (C=O) groups excluding carboxylic acids is 3. The van der Waals surface area contributed by atoms with Crippen LogP contribution in [0.2, 0.25) is 0 Å². The summed E-state index contributed by atoms with van der Waals surface area (Å²) in [5.41, 5.74) is 1.29. The number of amides is 4. The zero-order chi connectivity index (χ0) is 24.5. The van der Waals surface area contributed by atoms with Gasteiger partial charge in [0.1, 0.15) is 23.7 Å². The average Bonchev–Trinajstić information content (AvgIpc) is 3.29. The number of barbiturate groups is 1. The minimum Gasteiger partial charge on any atom is -0.488 e. The van der Waals surface area contributed by atoms with Gasteiger partial charge < -0.3 is 14.2 Å². The highest BCUT2D eigenvalue weighted by Crippen LogP contribution is 2.36. The molecule has 0 aliphatic carbocycles. The summed E-state index contributed by atoms with van der Waals surface area (Å²) in [6.07, 6.45) is 1.41. The van der Waals surface area contributed by atoms with Crippen molar-refractivity contribution in [2.75, 3.05) is 11.7 Å². The summed E-state index contributed by atoms with van der Waals surface area (Å²) in [5.74, 6) is -0.439. The number of ether oxygens (including phenoxy) is 3. The highest BCUT2D eigenvalue weighted by Gasteiger charge is 2.37. The number of urea groups is 1. The average molecular weight is 586 g/mol. The van der Waals surface area contributed by atoms with E-state index in [-0.39, 0.29) is 30.5 Å². The van der Waals surface area contributed by atoms with E-state index in [2.05, 4.69) is 27.9 Å². The Morgan fingerprint density at radius 1 is 1.03 bits per heavy atom. The molecule has 0 unspecified atom stereocenters. The van der Waals surface area contributed by atoms with Crippen molar-refractivity contribution in [1.82, 2.24) is 5.32 Å². The molecule has 2 heterocycles. The molecule has 176 valence electrons. The monoisotopic (exact) mass is 586 g/mol. The Bertz CT molecular complexity index is 1410. The lowest BCUT2D eigenvalue weighted by Crippen LogP contribution is -2.54. The smallest absolute Gasteiger partial charge is 0.335 e. The summed E-state index contributed by atoms with van der Waals surface area (Å²) in [6, 6.07) is 15.0. The molecule has 35 heavy (non-hydrogen) atoms. The molecule has 5 rings (SSSR count). The van der Waals surface area contributed by atoms with Crippen LogP contribution < -0.4 is 24.4 Å².